The van der Waals surface area contributed by atoms with Crippen LogP contribution in [-0.4, -0.2) is 22.6 Å². The lowest BCUT2D eigenvalue weighted by Crippen LogP contribution is -2.11. The Bertz CT molecular complexity index is 1100. The molecule has 27 heavy (non-hydrogen) atoms. The molecule has 1 N–H and O–H groups in total. The molecule has 0 radical (unpaired) electrons. The van der Waals surface area contributed by atoms with Gasteiger partial charge in [-0.1, -0.05) is 18.2 Å². The van der Waals surface area contributed by atoms with Crippen molar-refractivity contribution in [3.8, 4) is 11.4 Å². The summed E-state index contributed by atoms with van der Waals surface area (Å²) in [6.45, 7) is 1.97. The molecule has 0 atom stereocenters. The zero-order valence-corrected chi connectivity index (χ0v) is 15.1. The Labute approximate surface area is 157 Å². The van der Waals surface area contributed by atoms with Crippen molar-refractivity contribution >= 4 is 22.6 Å². The fourth-order valence-electron chi connectivity index (χ4n) is 3.12. The highest BCUT2D eigenvalue weighted by molar-refractivity contribution is 6.05. The molecule has 0 unspecified atom stereocenters. The van der Waals surface area contributed by atoms with E-state index in [0.717, 1.165) is 34.0 Å². The molecule has 0 bridgehead atoms. The fraction of sp³-hybridized carbons (Fsp3) is 0.0909. The molecule has 5 nitrogen and oxygen atoms in total. The van der Waals surface area contributed by atoms with Gasteiger partial charge >= 0.3 is 0 Å². The Balaban J connectivity index is 1.67. The molecule has 4 rings (SSSR count). The van der Waals surface area contributed by atoms with Crippen molar-refractivity contribution < 1.29 is 9.53 Å². The van der Waals surface area contributed by atoms with Crippen molar-refractivity contribution in [1.29, 1.82) is 0 Å². The quantitative estimate of drug-likeness (QED) is 0.581. The number of carbonyl (C=O) groups excluding carboxylic acids is 1. The largest absolute Gasteiger partial charge is 0.497 e. The number of nitrogens with zero attached hydrogens (tertiary/aromatic N) is 2. The molecule has 0 aliphatic carbocycles. The molecule has 1 amide bonds. The summed E-state index contributed by atoms with van der Waals surface area (Å²) in [6.07, 6.45) is 0. The zero-order valence-electron chi connectivity index (χ0n) is 15.1. The first-order valence-corrected chi connectivity index (χ1v) is 8.65. The standard InChI is InChI=1S/C22H19N3O2/c1-15-23-20-13-10-17(14-21(20)25(15)18-6-4-3-5-7-18)24-22(26)16-8-11-19(27-2)12-9-16/h3-14H,1-2H3,(H,24,26). The van der Waals surface area contributed by atoms with Gasteiger partial charge in [0.05, 0.1) is 18.1 Å². The van der Waals surface area contributed by atoms with Gasteiger partial charge in [-0.05, 0) is 61.5 Å². The van der Waals surface area contributed by atoms with E-state index in [1.54, 1.807) is 31.4 Å². The van der Waals surface area contributed by atoms with Crippen LogP contribution in [0, 0.1) is 6.92 Å². The van der Waals surface area contributed by atoms with Gasteiger partial charge in [0, 0.05) is 16.9 Å². The van der Waals surface area contributed by atoms with Crippen LogP contribution < -0.4 is 10.1 Å². The second-order valence-electron chi connectivity index (χ2n) is 6.22. The van der Waals surface area contributed by atoms with E-state index >= 15 is 0 Å². The maximum absolute atomic E-state index is 12.5. The Hall–Kier alpha value is -3.60. The van der Waals surface area contributed by atoms with Crippen LogP contribution in [0.25, 0.3) is 16.7 Å². The lowest BCUT2D eigenvalue weighted by molar-refractivity contribution is 0.102. The molecular formula is C22H19N3O2. The Morgan fingerprint density at radius 2 is 1.74 bits per heavy atom. The number of amides is 1. The molecule has 0 aliphatic heterocycles. The molecule has 0 saturated heterocycles. The van der Waals surface area contributed by atoms with Crippen molar-refractivity contribution in [3.63, 3.8) is 0 Å². The lowest BCUT2D eigenvalue weighted by atomic mass is 10.2. The van der Waals surface area contributed by atoms with E-state index in [-0.39, 0.29) is 5.91 Å². The number of ether oxygens (including phenoxy) is 1. The van der Waals surface area contributed by atoms with Gasteiger partial charge < -0.3 is 10.1 Å². The lowest BCUT2D eigenvalue weighted by Gasteiger charge is -2.09. The molecule has 1 heterocycles. The summed E-state index contributed by atoms with van der Waals surface area (Å²) >= 11 is 0. The van der Waals surface area contributed by atoms with Crippen LogP contribution in [0.3, 0.4) is 0 Å². The summed E-state index contributed by atoms with van der Waals surface area (Å²) in [4.78, 5) is 17.2. The summed E-state index contributed by atoms with van der Waals surface area (Å²) in [6, 6.07) is 22.8. The number of para-hydroxylation sites is 1. The first kappa shape index (κ1) is 16.8. The summed E-state index contributed by atoms with van der Waals surface area (Å²) in [5, 5.41) is 2.95. The number of rotatable bonds is 4. The highest BCUT2D eigenvalue weighted by Crippen LogP contribution is 2.24. The molecule has 1 aromatic heterocycles. The average Bonchev–Trinajstić information content (AvgIpc) is 3.03. The van der Waals surface area contributed by atoms with Gasteiger partial charge in [-0.3, -0.25) is 9.36 Å². The van der Waals surface area contributed by atoms with E-state index in [4.69, 9.17) is 4.74 Å². The smallest absolute Gasteiger partial charge is 0.255 e. The number of benzene rings is 3. The summed E-state index contributed by atoms with van der Waals surface area (Å²) < 4.78 is 7.21. The van der Waals surface area contributed by atoms with E-state index in [1.807, 2.05) is 55.5 Å². The monoisotopic (exact) mass is 357 g/mol. The van der Waals surface area contributed by atoms with Gasteiger partial charge in [0.1, 0.15) is 11.6 Å². The van der Waals surface area contributed by atoms with Crippen LogP contribution in [0.2, 0.25) is 0 Å². The maximum Gasteiger partial charge on any atom is 0.255 e. The molecule has 5 heteroatoms. The molecule has 4 aromatic rings. The number of hydrogen-bond acceptors (Lipinski definition) is 3. The SMILES string of the molecule is COc1ccc(C(=O)Nc2ccc3nc(C)n(-c4ccccc4)c3c2)cc1. The Morgan fingerprint density at radius 1 is 1.00 bits per heavy atom. The number of carbonyl (C=O) groups is 1. The van der Waals surface area contributed by atoms with Gasteiger partial charge in [-0.15, -0.1) is 0 Å². The van der Waals surface area contributed by atoms with Gasteiger partial charge in [0.2, 0.25) is 0 Å². The summed E-state index contributed by atoms with van der Waals surface area (Å²) in [7, 11) is 1.60. The highest BCUT2D eigenvalue weighted by atomic mass is 16.5. The normalized spacial score (nSPS) is 10.7. The second-order valence-corrected chi connectivity index (χ2v) is 6.22. The van der Waals surface area contributed by atoms with Gasteiger partial charge in [0.15, 0.2) is 0 Å². The summed E-state index contributed by atoms with van der Waals surface area (Å²) in [5.74, 6) is 1.45. The number of fused-ring (bicyclic) bond motifs is 1. The van der Waals surface area contributed by atoms with Crippen molar-refractivity contribution in [1.82, 2.24) is 9.55 Å². The predicted molar refractivity (Wildman–Crippen MR) is 107 cm³/mol. The molecule has 3 aromatic carbocycles. The van der Waals surface area contributed by atoms with Crippen LogP contribution in [-0.2, 0) is 0 Å². The zero-order chi connectivity index (χ0) is 18.8. The van der Waals surface area contributed by atoms with E-state index in [1.165, 1.54) is 0 Å². The number of methoxy groups -OCH3 is 1. The number of nitrogens with one attached hydrogen (secondary N) is 1. The number of aromatic nitrogens is 2. The molecule has 134 valence electrons. The molecule has 0 saturated carbocycles. The van der Waals surface area contributed by atoms with E-state index in [0.29, 0.717) is 5.56 Å². The van der Waals surface area contributed by atoms with Crippen LogP contribution in [0.4, 0.5) is 5.69 Å². The average molecular weight is 357 g/mol. The van der Waals surface area contributed by atoms with Crippen LogP contribution in [0.15, 0.2) is 72.8 Å². The summed E-state index contributed by atoms with van der Waals surface area (Å²) in [5.41, 5.74) is 4.17. The van der Waals surface area contributed by atoms with E-state index < -0.39 is 0 Å². The predicted octanol–water partition coefficient (Wildman–Crippen LogP) is 4.59. The number of anilines is 1. The third kappa shape index (κ3) is 3.27. The van der Waals surface area contributed by atoms with Crippen LogP contribution >= 0.6 is 0 Å². The minimum absolute atomic E-state index is 0.167. The third-order valence-corrected chi connectivity index (χ3v) is 4.45. The van der Waals surface area contributed by atoms with Crippen molar-refractivity contribution in [2.45, 2.75) is 6.92 Å². The molecule has 0 spiro atoms. The highest BCUT2D eigenvalue weighted by Gasteiger charge is 2.12. The molecule has 0 fully saturated rings. The van der Waals surface area contributed by atoms with Gasteiger partial charge in [-0.2, -0.15) is 0 Å². The van der Waals surface area contributed by atoms with Gasteiger partial charge in [-0.25, -0.2) is 4.98 Å². The third-order valence-electron chi connectivity index (χ3n) is 4.45. The fourth-order valence-corrected chi connectivity index (χ4v) is 3.12. The van der Waals surface area contributed by atoms with Gasteiger partial charge in [0.25, 0.3) is 5.91 Å². The Kier molecular flexibility index (Phi) is 4.34. The maximum atomic E-state index is 12.5. The van der Waals surface area contributed by atoms with Crippen LogP contribution in [0.5, 0.6) is 5.75 Å². The minimum Gasteiger partial charge on any atom is -0.497 e. The second kappa shape index (κ2) is 6.96. The first-order valence-electron chi connectivity index (χ1n) is 8.65. The topological polar surface area (TPSA) is 56.1 Å². The number of aryl methyl sites for hydroxylation is 1. The first-order chi connectivity index (χ1) is 13.2. The molecule has 0 aliphatic rings. The van der Waals surface area contributed by atoms with Crippen molar-refractivity contribution in [2.24, 2.45) is 0 Å². The number of imidazole rings is 1. The van der Waals surface area contributed by atoms with Crippen molar-refractivity contribution in [2.75, 3.05) is 12.4 Å². The number of hydrogen-bond donors (Lipinski definition) is 1. The Morgan fingerprint density at radius 3 is 2.44 bits per heavy atom. The van der Waals surface area contributed by atoms with Crippen LogP contribution in [0.1, 0.15) is 16.2 Å². The van der Waals surface area contributed by atoms with E-state index in [2.05, 4.69) is 14.9 Å². The van der Waals surface area contributed by atoms with Crippen molar-refractivity contribution in [3.05, 3.63) is 84.2 Å². The molecular weight excluding hydrogens is 338 g/mol. The minimum atomic E-state index is -0.167. The van der Waals surface area contributed by atoms with E-state index in [9.17, 15) is 4.79 Å².